The molecule has 1 amide bonds. The first kappa shape index (κ1) is 15.8. The maximum absolute atomic E-state index is 11.9. The van der Waals surface area contributed by atoms with Gasteiger partial charge in [-0.05, 0) is 44.1 Å². The number of benzene rings is 1. The molecule has 2 rings (SSSR count). The Balaban J connectivity index is 1.72. The van der Waals surface area contributed by atoms with Gasteiger partial charge in [0.15, 0.2) is 0 Å². The topological polar surface area (TPSA) is 53.6 Å². The first-order chi connectivity index (χ1) is 10.1. The highest BCUT2D eigenvalue weighted by molar-refractivity contribution is 5.91. The number of carbonyl (C=O) groups excluding carboxylic acids is 1. The van der Waals surface area contributed by atoms with Crippen molar-refractivity contribution in [1.82, 2.24) is 5.32 Å². The molecule has 21 heavy (non-hydrogen) atoms. The summed E-state index contributed by atoms with van der Waals surface area (Å²) in [5.74, 6) is -0.000148. The molecule has 1 aromatic carbocycles. The van der Waals surface area contributed by atoms with E-state index in [-0.39, 0.29) is 5.91 Å². The van der Waals surface area contributed by atoms with Gasteiger partial charge in [-0.2, -0.15) is 0 Å². The molecule has 0 unspecified atom stereocenters. The van der Waals surface area contributed by atoms with Crippen molar-refractivity contribution in [2.24, 2.45) is 0 Å². The van der Waals surface area contributed by atoms with Gasteiger partial charge in [-0.1, -0.05) is 6.07 Å². The third kappa shape index (κ3) is 5.36. The Bertz CT molecular complexity index is 457. The van der Waals surface area contributed by atoms with Crippen molar-refractivity contribution in [3.05, 3.63) is 24.3 Å². The third-order valence-corrected chi connectivity index (χ3v) is 3.62. The van der Waals surface area contributed by atoms with Gasteiger partial charge in [-0.15, -0.1) is 0 Å². The summed E-state index contributed by atoms with van der Waals surface area (Å²) < 4.78 is 5.74. The normalized spacial score (nSPS) is 15.7. The number of ether oxygens (including phenoxy) is 1. The zero-order valence-electron chi connectivity index (χ0n) is 12.9. The van der Waals surface area contributed by atoms with Crippen molar-refractivity contribution in [2.45, 2.75) is 25.4 Å². The predicted octanol–water partition coefficient (Wildman–Crippen LogP) is 1.85. The van der Waals surface area contributed by atoms with E-state index in [0.717, 1.165) is 37.3 Å². The molecule has 0 radical (unpaired) electrons. The summed E-state index contributed by atoms with van der Waals surface area (Å²) in [4.78, 5) is 13.9. The van der Waals surface area contributed by atoms with Crippen LogP contribution in [0.2, 0.25) is 0 Å². The van der Waals surface area contributed by atoms with Gasteiger partial charge in [0.25, 0.3) is 0 Å². The Morgan fingerprint density at radius 3 is 2.86 bits per heavy atom. The third-order valence-electron chi connectivity index (χ3n) is 3.62. The molecule has 1 aliphatic heterocycles. The minimum Gasteiger partial charge on any atom is -0.378 e. The van der Waals surface area contributed by atoms with Crippen LogP contribution in [0, 0.1) is 0 Å². The van der Waals surface area contributed by atoms with Crippen LogP contribution in [0.1, 0.15) is 19.3 Å². The fraction of sp³-hybridized carbons (Fsp3) is 0.562. The standard InChI is InChI=1S/C16H25N3O2/c1-19(2)14-5-3-4-13(12-14)18-16(20)8-11-21-15-6-9-17-10-7-15/h3-5,12,15,17H,6-11H2,1-2H3,(H,18,20). The Labute approximate surface area is 126 Å². The number of hydrogen-bond acceptors (Lipinski definition) is 4. The quantitative estimate of drug-likeness (QED) is 0.840. The molecule has 0 aromatic heterocycles. The molecule has 0 aliphatic carbocycles. The highest BCUT2D eigenvalue weighted by atomic mass is 16.5. The van der Waals surface area contributed by atoms with Crippen molar-refractivity contribution in [2.75, 3.05) is 44.0 Å². The molecule has 1 aromatic rings. The summed E-state index contributed by atoms with van der Waals surface area (Å²) in [6, 6.07) is 7.82. The Hall–Kier alpha value is -1.59. The summed E-state index contributed by atoms with van der Waals surface area (Å²) in [5, 5.41) is 6.21. The monoisotopic (exact) mass is 291 g/mol. The van der Waals surface area contributed by atoms with Gasteiger partial charge in [0.05, 0.1) is 19.1 Å². The molecule has 0 spiro atoms. The molecule has 0 saturated carbocycles. The first-order valence-corrected chi connectivity index (χ1v) is 7.55. The maximum atomic E-state index is 11.9. The SMILES string of the molecule is CN(C)c1cccc(NC(=O)CCOC2CCNCC2)c1. The van der Waals surface area contributed by atoms with Crippen LogP contribution in [0.4, 0.5) is 11.4 Å². The van der Waals surface area contributed by atoms with Crippen LogP contribution in [-0.2, 0) is 9.53 Å². The second-order valence-electron chi connectivity index (χ2n) is 5.56. The maximum Gasteiger partial charge on any atom is 0.226 e. The molecule has 1 aliphatic rings. The van der Waals surface area contributed by atoms with E-state index in [0.29, 0.717) is 19.1 Å². The average molecular weight is 291 g/mol. The number of nitrogens with one attached hydrogen (secondary N) is 2. The van der Waals surface area contributed by atoms with E-state index >= 15 is 0 Å². The molecule has 1 heterocycles. The highest BCUT2D eigenvalue weighted by Gasteiger charge is 2.13. The Morgan fingerprint density at radius 2 is 2.14 bits per heavy atom. The smallest absolute Gasteiger partial charge is 0.226 e. The van der Waals surface area contributed by atoms with E-state index < -0.39 is 0 Å². The number of rotatable bonds is 6. The minimum absolute atomic E-state index is 0.000148. The van der Waals surface area contributed by atoms with Gasteiger partial charge in [0, 0.05) is 25.5 Å². The summed E-state index contributed by atoms with van der Waals surface area (Å²) in [5.41, 5.74) is 1.90. The number of hydrogen-bond donors (Lipinski definition) is 2. The van der Waals surface area contributed by atoms with Gasteiger partial charge in [0.1, 0.15) is 0 Å². The lowest BCUT2D eigenvalue weighted by Crippen LogP contribution is -2.33. The Kier molecular flexibility index (Phi) is 6.02. The van der Waals surface area contributed by atoms with Crippen LogP contribution >= 0.6 is 0 Å². The lowest BCUT2D eigenvalue weighted by molar-refractivity contribution is -0.117. The predicted molar refractivity (Wildman–Crippen MR) is 85.9 cm³/mol. The van der Waals surface area contributed by atoms with Crippen LogP contribution in [0.25, 0.3) is 0 Å². The molecule has 0 bridgehead atoms. The fourth-order valence-corrected chi connectivity index (χ4v) is 2.37. The molecule has 1 fully saturated rings. The zero-order valence-corrected chi connectivity index (χ0v) is 12.9. The second-order valence-corrected chi connectivity index (χ2v) is 5.56. The van der Waals surface area contributed by atoms with Crippen molar-refractivity contribution in [1.29, 1.82) is 0 Å². The van der Waals surface area contributed by atoms with E-state index in [1.165, 1.54) is 0 Å². The molecule has 0 atom stereocenters. The number of anilines is 2. The van der Waals surface area contributed by atoms with E-state index in [1.807, 2.05) is 43.3 Å². The largest absolute Gasteiger partial charge is 0.378 e. The summed E-state index contributed by atoms with van der Waals surface area (Å²) in [7, 11) is 3.96. The van der Waals surface area contributed by atoms with E-state index in [2.05, 4.69) is 10.6 Å². The number of piperidine rings is 1. The second kappa shape index (κ2) is 8.00. The van der Waals surface area contributed by atoms with Gasteiger partial charge >= 0.3 is 0 Å². The zero-order chi connectivity index (χ0) is 15.1. The molecule has 2 N–H and O–H groups in total. The van der Waals surface area contributed by atoms with Crippen LogP contribution in [0.3, 0.4) is 0 Å². The fourth-order valence-electron chi connectivity index (χ4n) is 2.37. The van der Waals surface area contributed by atoms with Crippen LogP contribution < -0.4 is 15.5 Å². The van der Waals surface area contributed by atoms with Crippen LogP contribution in [0.15, 0.2) is 24.3 Å². The Morgan fingerprint density at radius 1 is 1.38 bits per heavy atom. The first-order valence-electron chi connectivity index (χ1n) is 7.55. The van der Waals surface area contributed by atoms with Gasteiger partial charge < -0.3 is 20.3 Å². The average Bonchev–Trinajstić information content (AvgIpc) is 2.48. The van der Waals surface area contributed by atoms with Crippen LogP contribution in [-0.4, -0.2) is 45.8 Å². The van der Waals surface area contributed by atoms with Crippen molar-refractivity contribution in [3.8, 4) is 0 Å². The lowest BCUT2D eigenvalue weighted by atomic mass is 10.1. The summed E-state index contributed by atoms with van der Waals surface area (Å²) in [6.45, 7) is 2.51. The van der Waals surface area contributed by atoms with Gasteiger partial charge in [0.2, 0.25) is 5.91 Å². The molecule has 1 saturated heterocycles. The van der Waals surface area contributed by atoms with E-state index in [9.17, 15) is 4.79 Å². The summed E-state index contributed by atoms with van der Waals surface area (Å²) in [6.07, 6.45) is 2.77. The number of amides is 1. The van der Waals surface area contributed by atoms with E-state index in [4.69, 9.17) is 4.74 Å². The highest BCUT2D eigenvalue weighted by Crippen LogP contribution is 2.17. The van der Waals surface area contributed by atoms with Crippen LogP contribution in [0.5, 0.6) is 0 Å². The van der Waals surface area contributed by atoms with Crippen molar-refractivity contribution < 1.29 is 9.53 Å². The molecular weight excluding hydrogens is 266 g/mol. The van der Waals surface area contributed by atoms with Crippen molar-refractivity contribution >= 4 is 17.3 Å². The minimum atomic E-state index is -0.000148. The molecule has 116 valence electrons. The molecular formula is C16H25N3O2. The van der Waals surface area contributed by atoms with Gasteiger partial charge in [-0.3, -0.25) is 4.79 Å². The summed E-state index contributed by atoms with van der Waals surface area (Å²) >= 11 is 0. The van der Waals surface area contributed by atoms with Gasteiger partial charge in [-0.25, -0.2) is 0 Å². The lowest BCUT2D eigenvalue weighted by Gasteiger charge is -2.22. The van der Waals surface area contributed by atoms with E-state index in [1.54, 1.807) is 0 Å². The van der Waals surface area contributed by atoms with Crippen molar-refractivity contribution in [3.63, 3.8) is 0 Å². The number of nitrogens with zero attached hydrogens (tertiary/aromatic N) is 1. The molecule has 5 heteroatoms. The number of carbonyl (C=O) groups is 1. The molecule has 5 nitrogen and oxygen atoms in total.